The maximum Gasteiger partial charge on any atom is 0.351 e. The Labute approximate surface area is 161 Å². The summed E-state index contributed by atoms with van der Waals surface area (Å²) in [5.74, 6) is -2.99. The number of hydrogen-bond acceptors (Lipinski definition) is 5. The van der Waals surface area contributed by atoms with Crippen molar-refractivity contribution >= 4 is 16.0 Å². The predicted octanol–water partition coefficient (Wildman–Crippen LogP) is 3.04. The molecule has 1 fully saturated rings. The van der Waals surface area contributed by atoms with E-state index in [-0.39, 0.29) is 16.2 Å². The molecule has 2 aromatic carbocycles. The quantitative estimate of drug-likeness (QED) is 0.684. The van der Waals surface area contributed by atoms with Crippen LogP contribution in [0.4, 0.5) is 8.78 Å². The molecule has 9 heteroatoms. The predicted molar refractivity (Wildman–Crippen MR) is 96.2 cm³/mol. The van der Waals surface area contributed by atoms with Gasteiger partial charge in [-0.2, -0.15) is 4.31 Å². The van der Waals surface area contributed by atoms with Crippen molar-refractivity contribution in [3.8, 4) is 5.75 Å². The zero-order valence-electron chi connectivity index (χ0n) is 15.1. The van der Waals surface area contributed by atoms with E-state index < -0.39 is 33.7 Å². The van der Waals surface area contributed by atoms with Gasteiger partial charge in [0.25, 0.3) is 0 Å². The summed E-state index contributed by atoms with van der Waals surface area (Å²) >= 11 is 0. The van der Waals surface area contributed by atoms with Crippen molar-refractivity contribution in [3.63, 3.8) is 0 Å². The normalized spacial score (nSPS) is 16.0. The smallest absolute Gasteiger partial charge is 0.351 e. The molecular formula is C19H19F2NO5S. The van der Waals surface area contributed by atoms with E-state index in [9.17, 15) is 22.0 Å². The summed E-state index contributed by atoms with van der Waals surface area (Å²) in [4.78, 5) is 12.2. The molecule has 0 aliphatic carbocycles. The molecule has 0 amide bonds. The molecule has 0 spiro atoms. The highest BCUT2D eigenvalue weighted by atomic mass is 32.2. The van der Waals surface area contributed by atoms with Gasteiger partial charge in [0, 0.05) is 24.7 Å². The van der Waals surface area contributed by atoms with Gasteiger partial charge in [-0.3, -0.25) is 0 Å². The minimum Gasteiger partial charge on any atom is -0.471 e. The molecule has 1 aliphatic rings. The van der Waals surface area contributed by atoms with Crippen molar-refractivity contribution in [2.45, 2.75) is 23.8 Å². The van der Waals surface area contributed by atoms with Gasteiger partial charge >= 0.3 is 5.97 Å². The minimum atomic E-state index is -3.71. The molecule has 1 saturated heterocycles. The molecule has 28 heavy (non-hydrogen) atoms. The second-order valence-electron chi connectivity index (χ2n) is 6.28. The first-order valence-corrected chi connectivity index (χ1v) is 10.1. The van der Waals surface area contributed by atoms with E-state index in [0.29, 0.717) is 19.2 Å². The fourth-order valence-corrected chi connectivity index (χ4v) is 4.55. The number of esters is 1. The first-order valence-electron chi connectivity index (χ1n) is 8.62. The average molecular weight is 411 g/mol. The molecule has 0 bridgehead atoms. The molecule has 1 heterocycles. The highest BCUT2D eigenvalue weighted by Gasteiger charge is 2.30. The average Bonchev–Trinajstić information content (AvgIpc) is 3.22. The van der Waals surface area contributed by atoms with Crippen molar-refractivity contribution in [1.29, 1.82) is 0 Å². The van der Waals surface area contributed by atoms with Gasteiger partial charge in [0.15, 0.2) is 11.6 Å². The first kappa shape index (κ1) is 20.2. The Balaban J connectivity index is 1.96. The largest absolute Gasteiger partial charge is 0.471 e. The van der Waals surface area contributed by atoms with E-state index in [1.54, 1.807) is 0 Å². The van der Waals surface area contributed by atoms with Gasteiger partial charge in [-0.05, 0) is 37.1 Å². The number of carbonyl (C=O) groups excluding carboxylic acids is 1. The van der Waals surface area contributed by atoms with E-state index in [1.165, 1.54) is 28.6 Å². The van der Waals surface area contributed by atoms with Crippen molar-refractivity contribution in [2.24, 2.45) is 0 Å². The lowest BCUT2D eigenvalue weighted by molar-refractivity contribution is -0.149. The van der Waals surface area contributed by atoms with Crippen molar-refractivity contribution < 1.29 is 31.5 Å². The second-order valence-corrected chi connectivity index (χ2v) is 8.22. The standard InChI is InChI=1S/C19H19F2NO5S/c1-26-19(23)18(27-17-8-7-14(20)12-16(17)21)13-5-4-6-15(11-13)28(24,25)22-9-2-3-10-22/h4-8,11-12,18H,2-3,9-10H2,1H3. The lowest BCUT2D eigenvalue weighted by Crippen LogP contribution is -2.28. The van der Waals surface area contributed by atoms with Crippen LogP contribution >= 0.6 is 0 Å². The SMILES string of the molecule is COC(=O)C(Oc1ccc(F)cc1F)c1cccc(S(=O)(=O)N2CCCC2)c1. The van der Waals surface area contributed by atoms with Crippen molar-refractivity contribution in [3.05, 3.63) is 59.7 Å². The molecule has 0 saturated carbocycles. The number of sulfonamides is 1. The molecule has 1 aliphatic heterocycles. The van der Waals surface area contributed by atoms with Crippen LogP contribution in [-0.4, -0.2) is 38.9 Å². The summed E-state index contributed by atoms with van der Waals surface area (Å²) in [5.41, 5.74) is 0.177. The Kier molecular flexibility index (Phi) is 5.95. The van der Waals surface area contributed by atoms with Gasteiger partial charge in [-0.1, -0.05) is 12.1 Å². The van der Waals surface area contributed by atoms with Crippen LogP contribution in [0.1, 0.15) is 24.5 Å². The van der Waals surface area contributed by atoms with E-state index in [0.717, 1.165) is 32.1 Å². The van der Waals surface area contributed by atoms with Gasteiger partial charge in [0.1, 0.15) is 5.82 Å². The van der Waals surface area contributed by atoms with E-state index in [1.807, 2.05) is 0 Å². The van der Waals surface area contributed by atoms with Crippen molar-refractivity contribution in [2.75, 3.05) is 20.2 Å². The molecule has 0 N–H and O–H groups in total. The van der Waals surface area contributed by atoms with E-state index >= 15 is 0 Å². The summed E-state index contributed by atoms with van der Waals surface area (Å²) in [5, 5.41) is 0. The molecule has 1 atom stereocenters. The number of rotatable bonds is 6. The summed E-state index contributed by atoms with van der Waals surface area (Å²) in [6, 6.07) is 8.33. The third-order valence-electron chi connectivity index (χ3n) is 4.42. The highest BCUT2D eigenvalue weighted by molar-refractivity contribution is 7.89. The number of carbonyl (C=O) groups is 1. The van der Waals surface area contributed by atoms with E-state index in [2.05, 4.69) is 0 Å². The van der Waals surface area contributed by atoms with E-state index in [4.69, 9.17) is 9.47 Å². The number of halogens is 2. The van der Waals surface area contributed by atoms with Gasteiger partial charge in [-0.25, -0.2) is 22.0 Å². The Morgan fingerprint density at radius 1 is 1.11 bits per heavy atom. The Morgan fingerprint density at radius 3 is 2.46 bits per heavy atom. The lowest BCUT2D eigenvalue weighted by atomic mass is 10.1. The number of methoxy groups -OCH3 is 1. The first-order chi connectivity index (χ1) is 13.3. The molecule has 150 valence electrons. The minimum absolute atomic E-state index is 0.00369. The molecule has 1 unspecified atom stereocenters. The highest BCUT2D eigenvalue weighted by Crippen LogP contribution is 2.29. The molecule has 3 rings (SSSR count). The topological polar surface area (TPSA) is 72.9 Å². The van der Waals surface area contributed by atoms with Crippen LogP contribution < -0.4 is 4.74 Å². The molecule has 0 aromatic heterocycles. The summed E-state index contributed by atoms with van der Waals surface area (Å²) in [6.45, 7) is 0.870. The number of ether oxygens (including phenoxy) is 2. The van der Waals surface area contributed by atoms with Gasteiger partial charge < -0.3 is 9.47 Å². The number of nitrogens with zero attached hydrogens (tertiary/aromatic N) is 1. The fraction of sp³-hybridized carbons (Fsp3) is 0.316. The molecule has 2 aromatic rings. The summed E-state index contributed by atoms with van der Waals surface area (Å²) in [6.07, 6.45) is 0.159. The third-order valence-corrected chi connectivity index (χ3v) is 6.31. The van der Waals surface area contributed by atoms with Crippen LogP contribution in [0.15, 0.2) is 47.4 Å². The van der Waals surface area contributed by atoms with Gasteiger partial charge in [-0.15, -0.1) is 0 Å². The third kappa shape index (κ3) is 4.15. The van der Waals surface area contributed by atoms with Crippen LogP contribution in [0.3, 0.4) is 0 Å². The van der Waals surface area contributed by atoms with Crippen LogP contribution in [0.5, 0.6) is 5.75 Å². The van der Waals surface area contributed by atoms with Gasteiger partial charge in [0.2, 0.25) is 16.1 Å². The summed E-state index contributed by atoms with van der Waals surface area (Å²) < 4.78 is 64.1. The monoisotopic (exact) mass is 411 g/mol. The Bertz CT molecular complexity index is 974. The van der Waals surface area contributed by atoms with Crippen LogP contribution in [0.25, 0.3) is 0 Å². The summed E-state index contributed by atoms with van der Waals surface area (Å²) in [7, 11) is -2.58. The van der Waals surface area contributed by atoms with Crippen LogP contribution in [-0.2, 0) is 19.6 Å². The Morgan fingerprint density at radius 2 is 1.82 bits per heavy atom. The lowest BCUT2D eigenvalue weighted by Gasteiger charge is -2.20. The number of benzene rings is 2. The number of hydrogen-bond donors (Lipinski definition) is 0. The van der Waals surface area contributed by atoms with Crippen LogP contribution in [0, 0.1) is 11.6 Å². The maximum atomic E-state index is 13.9. The zero-order chi connectivity index (χ0) is 20.3. The molecule has 0 radical (unpaired) electrons. The Hall–Kier alpha value is -2.52. The molecule has 6 nitrogen and oxygen atoms in total. The van der Waals surface area contributed by atoms with Crippen LogP contribution in [0.2, 0.25) is 0 Å². The maximum absolute atomic E-state index is 13.9. The molecular weight excluding hydrogens is 392 g/mol. The second kappa shape index (κ2) is 8.24. The fourth-order valence-electron chi connectivity index (χ4n) is 2.97. The van der Waals surface area contributed by atoms with Crippen molar-refractivity contribution in [1.82, 2.24) is 4.31 Å². The van der Waals surface area contributed by atoms with Gasteiger partial charge in [0.05, 0.1) is 12.0 Å². The zero-order valence-corrected chi connectivity index (χ0v) is 15.9.